The second-order valence-electron chi connectivity index (χ2n) is 4.83. The average Bonchev–Trinajstić information content (AvgIpc) is 2.86. The van der Waals surface area contributed by atoms with Gasteiger partial charge in [-0.25, -0.2) is 0 Å². The summed E-state index contributed by atoms with van der Waals surface area (Å²) in [6.45, 7) is 0. The zero-order valence-electron chi connectivity index (χ0n) is 10.7. The van der Waals surface area contributed by atoms with Crippen LogP contribution in [-0.4, -0.2) is 0 Å². The molecule has 0 amide bonds. The standard InChI is InChI=1S/C18H12S2/c19-13-6-3-5-12(11-13)14-8-4-9-16-15-7-1-2-10-17(15)20-18(14)16/h1-11,19H. The van der Waals surface area contributed by atoms with Gasteiger partial charge in [-0.2, -0.15) is 0 Å². The summed E-state index contributed by atoms with van der Waals surface area (Å²) in [5, 5.41) is 2.68. The van der Waals surface area contributed by atoms with Crippen molar-refractivity contribution in [3.05, 3.63) is 66.7 Å². The summed E-state index contributed by atoms with van der Waals surface area (Å²) in [7, 11) is 0. The fourth-order valence-electron chi connectivity index (χ4n) is 2.65. The third-order valence-electron chi connectivity index (χ3n) is 3.56. The molecule has 0 bridgehead atoms. The molecule has 0 radical (unpaired) electrons. The summed E-state index contributed by atoms with van der Waals surface area (Å²) in [6, 6.07) is 23.5. The van der Waals surface area contributed by atoms with Crippen molar-refractivity contribution in [2.24, 2.45) is 0 Å². The van der Waals surface area contributed by atoms with Crippen molar-refractivity contribution in [2.45, 2.75) is 4.90 Å². The Morgan fingerprint density at radius 2 is 1.55 bits per heavy atom. The molecule has 4 aromatic rings. The lowest BCUT2D eigenvalue weighted by molar-refractivity contribution is 1.48. The highest BCUT2D eigenvalue weighted by molar-refractivity contribution is 7.80. The van der Waals surface area contributed by atoms with E-state index in [-0.39, 0.29) is 0 Å². The van der Waals surface area contributed by atoms with Gasteiger partial charge < -0.3 is 0 Å². The van der Waals surface area contributed by atoms with Gasteiger partial charge in [0.15, 0.2) is 0 Å². The van der Waals surface area contributed by atoms with Crippen molar-refractivity contribution in [3.8, 4) is 11.1 Å². The maximum Gasteiger partial charge on any atom is 0.0433 e. The van der Waals surface area contributed by atoms with Crippen LogP contribution in [0.25, 0.3) is 31.3 Å². The summed E-state index contributed by atoms with van der Waals surface area (Å²) >= 11 is 6.32. The minimum Gasteiger partial charge on any atom is -0.143 e. The lowest BCUT2D eigenvalue weighted by atomic mass is 10.0. The summed E-state index contributed by atoms with van der Waals surface area (Å²) < 4.78 is 2.70. The molecule has 0 saturated heterocycles. The Balaban J connectivity index is 2.10. The molecule has 0 N–H and O–H groups in total. The number of benzene rings is 3. The van der Waals surface area contributed by atoms with Crippen LogP contribution in [0.1, 0.15) is 0 Å². The van der Waals surface area contributed by atoms with E-state index in [0.717, 1.165) is 4.90 Å². The monoisotopic (exact) mass is 292 g/mol. The Hall–Kier alpha value is -1.77. The first-order chi connectivity index (χ1) is 9.83. The molecule has 0 saturated carbocycles. The van der Waals surface area contributed by atoms with Crippen LogP contribution in [-0.2, 0) is 0 Å². The number of rotatable bonds is 1. The molecule has 0 fully saturated rings. The van der Waals surface area contributed by atoms with Crippen molar-refractivity contribution in [1.29, 1.82) is 0 Å². The average molecular weight is 292 g/mol. The molecule has 0 aliphatic heterocycles. The lowest BCUT2D eigenvalue weighted by Gasteiger charge is -2.04. The number of fused-ring (bicyclic) bond motifs is 3. The Bertz CT molecular complexity index is 919. The third kappa shape index (κ3) is 1.84. The smallest absolute Gasteiger partial charge is 0.0433 e. The molecule has 20 heavy (non-hydrogen) atoms. The molecule has 0 spiro atoms. The van der Waals surface area contributed by atoms with Gasteiger partial charge in [-0.3, -0.25) is 0 Å². The summed E-state index contributed by atoms with van der Waals surface area (Å²) in [4.78, 5) is 1.00. The van der Waals surface area contributed by atoms with Crippen molar-refractivity contribution in [1.82, 2.24) is 0 Å². The molecule has 0 aliphatic carbocycles. The number of thiophene rings is 1. The molecule has 4 rings (SSSR count). The first kappa shape index (κ1) is 12.0. The van der Waals surface area contributed by atoms with E-state index in [2.05, 4.69) is 73.3 Å². The maximum atomic E-state index is 4.45. The van der Waals surface area contributed by atoms with Crippen LogP contribution >= 0.6 is 24.0 Å². The van der Waals surface area contributed by atoms with E-state index < -0.39 is 0 Å². The number of thiol groups is 1. The molecule has 0 unspecified atom stereocenters. The highest BCUT2D eigenvalue weighted by Crippen LogP contribution is 2.39. The Labute approximate surface area is 127 Å². The van der Waals surface area contributed by atoms with Crippen LogP contribution < -0.4 is 0 Å². The van der Waals surface area contributed by atoms with E-state index in [1.807, 2.05) is 17.4 Å². The lowest BCUT2D eigenvalue weighted by Crippen LogP contribution is -1.78. The highest BCUT2D eigenvalue weighted by Gasteiger charge is 2.09. The van der Waals surface area contributed by atoms with Crippen LogP contribution in [0.5, 0.6) is 0 Å². The molecule has 96 valence electrons. The zero-order valence-corrected chi connectivity index (χ0v) is 12.4. The van der Waals surface area contributed by atoms with E-state index >= 15 is 0 Å². The summed E-state index contributed by atoms with van der Waals surface area (Å²) in [5.74, 6) is 0. The molecule has 0 nitrogen and oxygen atoms in total. The SMILES string of the molecule is Sc1cccc(-c2cccc3c2sc2ccccc23)c1. The Kier molecular flexibility index (Phi) is 2.79. The largest absolute Gasteiger partial charge is 0.143 e. The number of hydrogen-bond donors (Lipinski definition) is 1. The van der Waals surface area contributed by atoms with Crippen LogP contribution in [0.15, 0.2) is 71.6 Å². The molecule has 0 atom stereocenters. The molecular weight excluding hydrogens is 280 g/mol. The zero-order chi connectivity index (χ0) is 13.5. The van der Waals surface area contributed by atoms with Gasteiger partial charge in [-0.05, 0) is 29.3 Å². The van der Waals surface area contributed by atoms with Crippen molar-refractivity contribution >= 4 is 44.1 Å². The molecule has 1 heterocycles. The Morgan fingerprint density at radius 3 is 2.45 bits per heavy atom. The molecule has 2 heteroatoms. The molecular formula is C18H12S2. The number of hydrogen-bond acceptors (Lipinski definition) is 2. The minimum absolute atomic E-state index is 1.00. The van der Waals surface area contributed by atoms with E-state index in [1.165, 1.54) is 31.3 Å². The van der Waals surface area contributed by atoms with Crippen LogP contribution in [0, 0.1) is 0 Å². The van der Waals surface area contributed by atoms with Crippen molar-refractivity contribution < 1.29 is 0 Å². The van der Waals surface area contributed by atoms with E-state index in [1.54, 1.807) is 0 Å². The van der Waals surface area contributed by atoms with Gasteiger partial charge in [-0.15, -0.1) is 24.0 Å². The second kappa shape index (κ2) is 4.65. The Morgan fingerprint density at radius 1 is 0.750 bits per heavy atom. The highest BCUT2D eigenvalue weighted by atomic mass is 32.1. The van der Waals surface area contributed by atoms with Crippen molar-refractivity contribution in [3.63, 3.8) is 0 Å². The second-order valence-corrected chi connectivity index (χ2v) is 6.40. The molecule has 1 aromatic heterocycles. The molecule has 0 aliphatic rings. The maximum absolute atomic E-state index is 4.45. The fourth-order valence-corrected chi connectivity index (χ4v) is 4.11. The first-order valence-electron chi connectivity index (χ1n) is 6.52. The van der Waals surface area contributed by atoms with Gasteiger partial charge in [0.25, 0.3) is 0 Å². The van der Waals surface area contributed by atoms with E-state index in [9.17, 15) is 0 Å². The first-order valence-corrected chi connectivity index (χ1v) is 7.79. The van der Waals surface area contributed by atoms with Gasteiger partial charge in [0.2, 0.25) is 0 Å². The van der Waals surface area contributed by atoms with E-state index in [4.69, 9.17) is 0 Å². The van der Waals surface area contributed by atoms with Gasteiger partial charge in [-0.1, -0.05) is 48.5 Å². The van der Waals surface area contributed by atoms with E-state index in [0.29, 0.717) is 0 Å². The third-order valence-corrected chi connectivity index (χ3v) is 5.06. The predicted molar refractivity (Wildman–Crippen MR) is 92.0 cm³/mol. The van der Waals surface area contributed by atoms with Gasteiger partial charge in [0.1, 0.15) is 0 Å². The summed E-state index contributed by atoms with van der Waals surface area (Å²) in [5.41, 5.74) is 2.52. The van der Waals surface area contributed by atoms with Crippen molar-refractivity contribution in [2.75, 3.05) is 0 Å². The topological polar surface area (TPSA) is 0 Å². The van der Waals surface area contributed by atoms with Gasteiger partial charge in [0, 0.05) is 25.1 Å². The van der Waals surface area contributed by atoms with Crippen LogP contribution in [0.3, 0.4) is 0 Å². The minimum atomic E-state index is 1.00. The quantitative estimate of drug-likeness (QED) is 0.408. The predicted octanol–water partition coefficient (Wildman–Crippen LogP) is 6.01. The fraction of sp³-hybridized carbons (Fsp3) is 0. The van der Waals surface area contributed by atoms with Gasteiger partial charge in [0.05, 0.1) is 0 Å². The van der Waals surface area contributed by atoms with Crippen LogP contribution in [0.2, 0.25) is 0 Å². The molecule has 3 aromatic carbocycles. The summed E-state index contributed by atoms with van der Waals surface area (Å²) in [6.07, 6.45) is 0. The van der Waals surface area contributed by atoms with Crippen LogP contribution in [0.4, 0.5) is 0 Å². The normalized spacial score (nSPS) is 11.2. The van der Waals surface area contributed by atoms with Gasteiger partial charge >= 0.3 is 0 Å².